The van der Waals surface area contributed by atoms with Crippen LogP contribution in [-0.2, 0) is 9.59 Å². The van der Waals surface area contributed by atoms with Gasteiger partial charge >= 0.3 is 0 Å². The fourth-order valence-electron chi connectivity index (χ4n) is 2.57. The largest absolute Gasteiger partial charge is 0.354 e. The summed E-state index contributed by atoms with van der Waals surface area (Å²) in [4.78, 5) is 23.4. The molecule has 4 nitrogen and oxygen atoms in total. The van der Waals surface area contributed by atoms with Crippen molar-refractivity contribution < 1.29 is 9.59 Å². The molecular formula is C20H24N2O2. The maximum absolute atomic E-state index is 12.0. The minimum absolute atomic E-state index is 0.0229. The van der Waals surface area contributed by atoms with E-state index >= 15 is 0 Å². The zero-order valence-corrected chi connectivity index (χ0v) is 14.0. The van der Waals surface area contributed by atoms with E-state index < -0.39 is 0 Å². The van der Waals surface area contributed by atoms with Gasteiger partial charge in [-0.1, -0.05) is 67.6 Å². The molecule has 0 unspecified atom stereocenters. The first-order valence-electron chi connectivity index (χ1n) is 8.34. The van der Waals surface area contributed by atoms with Gasteiger partial charge < -0.3 is 10.6 Å². The highest BCUT2D eigenvalue weighted by molar-refractivity contribution is 5.84. The molecule has 0 aliphatic carbocycles. The molecule has 0 radical (unpaired) electrons. The molecule has 2 N–H and O–H groups in total. The lowest BCUT2D eigenvalue weighted by molar-refractivity contribution is -0.126. The van der Waals surface area contributed by atoms with Crippen LogP contribution >= 0.6 is 0 Å². The standard InChI is InChI=1S/C20H24N2O2/c1-2-9-19(23)22-15-20(24)21-14-18(16-10-5-3-6-11-16)17-12-7-4-8-13-17/h3-8,10-13,18H,2,9,14-15H2,1H3,(H,21,24)(H,22,23). The first-order valence-corrected chi connectivity index (χ1v) is 8.34. The van der Waals surface area contributed by atoms with E-state index in [9.17, 15) is 9.59 Å². The Labute approximate surface area is 143 Å². The summed E-state index contributed by atoms with van der Waals surface area (Å²) in [6.45, 7) is 2.45. The molecule has 0 heterocycles. The SMILES string of the molecule is CCCC(=O)NCC(=O)NCC(c1ccccc1)c1ccccc1. The Bertz CT molecular complexity index is 602. The summed E-state index contributed by atoms with van der Waals surface area (Å²) >= 11 is 0. The molecular weight excluding hydrogens is 300 g/mol. The van der Waals surface area contributed by atoms with Crippen molar-refractivity contribution in [2.24, 2.45) is 0 Å². The van der Waals surface area contributed by atoms with E-state index in [1.54, 1.807) is 0 Å². The number of hydrogen-bond donors (Lipinski definition) is 2. The van der Waals surface area contributed by atoms with Gasteiger partial charge in [-0.25, -0.2) is 0 Å². The maximum atomic E-state index is 12.0. The van der Waals surface area contributed by atoms with Crippen LogP contribution in [0.4, 0.5) is 0 Å². The Morgan fingerprint density at radius 1 is 0.833 bits per heavy atom. The minimum Gasteiger partial charge on any atom is -0.354 e. The monoisotopic (exact) mass is 324 g/mol. The lowest BCUT2D eigenvalue weighted by atomic mass is 9.91. The van der Waals surface area contributed by atoms with Crippen LogP contribution < -0.4 is 10.6 Å². The van der Waals surface area contributed by atoms with Crippen LogP contribution in [0.2, 0.25) is 0 Å². The predicted octanol–water partition coefficient (Wildman–Crippen LogP) is 2.85. The van der Waals surface area contributed by atoms with E-state index in [2.05, 4.69) is 34.9 Å². The molecule has 2 rings (SSSR count). The van der Waals surface area contributed by atoms with Gasteiger partial charge in [0.2, 0.25) is 11.8 Å². The van der Waals surface area contributed by atoms with Crippen LogP contribution in [0.25, 0.3) is 0 Å². The highest BCUT2D eigenvalue weighted by Crippen LogP contribution is 2.23. The van der Waals surface area contributed by atoms with Crippen LogP contribution in [-0.4, -0.2) is 24.9 Å². The molecule has 0 fully saturated rings. The second-order valence-corrected chi connectivity index (χ2v) is 5.70. The predicted molar refractivity (Wildman–Crippen MR) is 95.7 cm³/mol. The molecule has 0 atom stereocenters. The van der Waals surface area contributed by atoms with Crippen LogP contribution in [0.1, 0.15) is 36.8 Å². The summed E-state index contributed by atoms with van der Waals surface area (Å²) in [5, 5.41) is 5.56. The van der Waals surface area contributed by atoms with Crippen molar-refractivity contribution in [2.45, 2.75) is 25.7 Å². The van der Waals surface area contributed by atoms with E-state index in [1.807, 2.05) is 43.3 Å². The van der Waals surface area contributed by atoms with E-state index in [-0.39, 0.29) is 24.3 Å². The summed E-state index contributed by atoms with van der Waals surface area (Å²) in [6.07, 6.45) is 1.22. The number of carbonyl (C=O) groups is 2. The van der Waals surface area contributed by atoms with Gasteiger partial charge in [-0.3, -0.25) is 9.59 Å². The van der Waals surface area contributed by atoms with E-state index in [0.29, 0.717) is 13.0 Å². The third-order valence-corrected chi connectivity index (χ3v) is 3.83. The lowest BCUT2D eigenvalue weighted by Gasteiger charge is -2.19. The summed E-state index contributed by atoms with van der Waals surface area (Å²) in [7, 11) is 0. The molecule has 2 amide bonds. The van der Waals surface area contributed by atoms with Crippen LogP contribution in [0.5, 0.6) is 0 Å². The molecule has 0 spiro atoms. The summed E-state index contributed by atoms with van der Waals surface area (Å²) < 4.78 is 0. The highest BCUT2D eigenvalue weighted by Gasteiger charge is 2.15. The third-order valence-electron chi connectivity index (χ3n) is 3.83. The first-order chi connectivity index (χ1) is 11.7. The molecule has 0 aromatic heterocycles. The van der Waals surface area contributed by atoms with Gasteiger partial charge in [0.05, 0.1) is 6.54 Å². The smallest absolute Gasteiger partial charge is 0.239 e. The van der Waals surface area contributed by atoms with Crippen molar-refractivity contribution in [1.82, 2.24) is 10.6 Å². The Morgan fingerprint density at radius 3 is 1.88 bits per heavy atom. The lowest BCUT2D eigenvalue weighted by Crippen LogP contribution is -2.38. The van der Waals surface area contributed by atoms with Crippen LogP contribution in [0, 0.1) is 0 Å². The van der Waals surface area contributed by atoms with Crippen LogP contribution in [0.15, 0.2) is 60.7 Å². The number of rotatable bonds is 8. The van der Waals surface area contributed by atoms with Gasteiger partial charge in [-0.05, 0) is 17.5 Å². The number of nitrogens with one attached hydrogen (secondary N) is 2. The van der Waals surface area contributed by atoms with Crippen LogP contribution in [0.3, 0.4) is 0 Å². The fourth-order valence-corrected chi connectivity index (χ4v) is 2.57. The second kappa shape index (κ2) is 9.50. The molecule has 0 aliphatic rings. The highest BCUT2D eigenvalue weighted by atomic mass is 16.2. The average Bonchev–Trinajstić information content (AvgIpc) is 2.62. The Kier molecular flexibility index (Phi) is 7.02. The molecule has 0 saturated heterocycles. The van der Waals surface area contributed by atoms with Crippen molar-refractivity contribution in [2.75, 3.05) is 13.1 Å². The summed E-state index contributed by atoms with van der Waals surface area (Å²) in [5.41, 5.74) is 2.30. The van der Waals surface area contributed by atoms with Crippen molar-refractivity contribution in [3.05, 3.63) is 71.8 Å². The normalized spacial score (nSPS) is 10.4. The van der Waals surface area contributed by atoms with Gasteiger partial charge in [0.15, 0.2) is 0 Å². The van der Waals surface area contributed by atoms with Gasteiger partial charge in [-0.15, -0.1) is 0 Å². The Hall–Kier alpha value is -2.62. The molecule has 2 aromatic rings. The molecule has 4 heteroatoms. The number of amides is 2. The van der Waals surface area contributed by atoms with Crippen molar-refractivity contribution in [1.29, 1.82) is 0 Å². The minimum atomic E-state index is -0.170. The summed E-state index contributed by atoms with van der Waals surface area (Å²) in [6, 6.07) is 20.2. The van der Waals surface area contributed by atoms with Gasteiger partial charge in [-0.2, -0.15) is 0 Å². The first kappa shape index (κ1) is 17.7. The zero-order valence-electron chi connectivity index (χ0n) is 14.0. The Balaban J connectivity index is 1.97. The maximum Gasteiger partial charge on any atom is 0.239 e. The third kappa shape index (κ3) is 5.54. The van der Waals surface area contributed by atoms with Gasteiger partial charge in [0.25, 0.3) is 0 Å². The molecule has 0 bridgehead atoms. The quantitative estimate of drug-likeness (QED) is 0.784. The molecule has 0 saturated carbocycles. The van der Waals surface area contributed by atoms with Crippen molar-refractivity contribution >= 4 is 11.8 Å². The van der Waals surface area contributed by atoms with Gasteiger partial charge in [0.1, 0.15) is 0 Å². The summed E-state index contributed by atoms with van der Waals surface area (Å²) in [5.74, 6) is -0.172. The van der Waals surface area contributed by atoms with E-state index in [1.165, 1.54) is 0 Å². The van der Waals surface area contributed by atoms with E-state index in [0.717, 1.165) is 17.5 Å². The van der Waals surface area contributed by atoms with Gasteiger partial charge in [0, 0.05) is 18.9 Å². The number of carbonyl (C=O) groups excluding carboxylic acids is 2. The zero-order chi connectivity index (χ0) is 17.2. The molecule has 24 heavy (non-hydrogen) atoms. The van der Waals surface area contributed by atoms with Crippen molar-refractivity contribution in [3.63, 3.8) is 0 Å². The Morgan fingerprint density at radius 2 is 1.38 bits per heavy atom. The fraction of sp³-hybridized carbons (Fsp3) is 0.300. The topological polar surface area (TPSA) is 58.2 Å². The van der Waals surface area contributed by atoms with E-state index in [4.69, 9.17) is 0 Å². The average molecular weight is 324 g/mol. The molecule has 0 aliphatic heterocycles. The molecule has 126 valence electrons. The molecule has 2 aromatic carbocycles. The van der Waals surface area contributed by atoms with Crippen molar-refractivity contribution in [3.8, 4) is 0 Å². The second-order valence-electron chi connectivity index (χ2n) is 5.70. The number of hydrogen-bond acceptors (Lipinski definition) is 2. The number of benzene rings is 2.